The summed E-state index contributed by atoms with van der Waals surface area (Å²) in [6.07, 6.45) is 6.14. The Morgan fingerprint density at radius 3 is 2.70 bits per heavy atom. The van der Waals surface area contributed by atoms with Gasteiger partial charge in [0.15, 0.2) is 0 Å². The minimum Gasteiger partial charge on any atom is -0.361 e. The Hall–Kier alpha value is -2.24. The molecule has 1 aliphatic rings. The Morgan fingerprint density at radius 2 is 2.04 bits per heavy atom. The van der Waals surface area contributed by atoms with Crippen LogP contribution in [0.5, 0.6) is 0 Å². The van der Waals surface area contributed by atoms with Gasteiger partial charge in [0.25, 0.3) is 5.91 Å². The van der Waals surface area contributed by atoms with E-state index in [4.69, 9.17) is 4.52 Å². The highest BCUT2D eigenvalue weighted by Crippen LogP contribution is 2.28. The van der Waals surface area contributed by atoms with Gasteiger partial charge in [-0.05, 0) is 33.1 Å². The minimum absolute atomic E-state index is 0.0365. The van der Waals surface area contributed by atoms with Crippen LogP contribution in [0.3, 0.4) is 0 Å². The molecule has 122 valence electrons. The predicted molar refractivity (Wildman–Crippen MR) is 85.3 cm³/mol. The number of nitrogens with zero attached hydrogens (tertiary/aromatic N) is 4. The second kappa shape index (κ2) is 6.48. The molecule has 1 aliphatic heterocycles. The third kappa shape index (κ3) is 3.11. The molecule has 0 saturated carbocycles. The van der Waals surface area contributed by atoms with Crippen molar-refractivity contribution in [1.82, 2.24) is 20.0 Å². The van der Waals surface area contributed by atoms with E-state index in [9.17, 15) is 4.79 Å². The predicted octanol–water partition coefficient (Wildman–Crippen LogP) is 2.66. The molecular weight excluding hydrogens is 292 g/mol. The van der Waals surface area contributed by atoms with Crippen LogP contribution in [0, 0.1) is 13.8 Å². The van der Waals surface area contributed by atoms with Gasteiger partial charge in [0.2, 0.25) is 0 Å². The Bertz CT molecular complexity index is 702. The third-order valence-corrected chi connectivity index (χ3v) is 4.46. The molecule has 6 nitrogen and oxygen atoms in total. The number of hydrogen-bond acceptors (Lipinski definition) is 5. The summed E-state index contributed by atoms with van der Waals surface area (Å²) in [6, 6.07) is 0. The van der Waals surface area contributed by atoms with Crippen molar-refractivity contribution in [2.75, 3.05) is 13.1 Å². The Labute approximate surface area is 135 Å². The molecule has 0 atom stereocenters. The van der Waals surface area contributed by atoms with Crippen LogP contribution in [0.2, 0.25) is 0 Å². The van der Waals surface area contributed by atoms with Gasteiger partial charge in [-0.25, -0.2) is 0 Å². The zero-order valence-corrected chi connectivity index (χ0v) is 13.9. The van der Waals surface area contributed by atoms with Crippen LogP contribution < -0.4 is 0 Å². The number of piperidine rings is 1. The van der Waals surface area contributed by atoms with Gasteiger partial charge in [-0.2, -0.15) is 0 Å². The zero-order valence-electron chi connectivity index (χ0n) is 13.9. The molecule has 23 heavy (non-hydrogen) atoms. The van der Waals surface area contributed by atoms with E-state index in [1.54, 1.807) is 13.1 Å². The molecule has 1 amide bonds. The second-order valence-corrected chi connectivity index (χ2v) is 6.07. The van der Waals surface area contributed by atoms with Crippen molar-refractivity contribution in [1.29, 1.82) is 0 Å². The molecule has 0 N–H and O–H groups in total. The van der Waals surface area contributed by atoms with Gasteiger partial charge in [-0.1, -0.05) is 12.1 Å². The Balaban J connectivity index is 1.69. The number of likely N-dealkylation sites (tertiary alicyclic amines) is 1. The van der Waals surface area contributed by atoms with Gasteiger partial charge in [-0.15, -0.1) is 0 Å². The Morgan fingerprint density at radius 1 is 1.30 bits per heavy atom. The van der Waals surface area contributed by atoms with Gasteiger partial charge in [0.05, 0.1) is 17.1 Å². The topological polar surface area (TPSA) is 72.1 Å². The van der Waals surface area contributed by atoms with E-state index >= 15 is 0 Å². The molecule has 0 radical (unpaired) electrons. The first-order valence-electron chi connectivity index (χ1n) is 8.13. The molecule has 0 unspecified atom stereocenters. The highest BCUT2D eigenvalue weighted by molar-refractivity contribution is 5.96. The summed E-state index contributed by atoms with van der Waals surface area (Å²) in [6.45, 7) is 7.20. The van der Waals surface area contributed by atoms with Gasteiger partial charge in [0.1, 0.15) is 11.3 Å². The maximum Gasteiger partial charge on any atom is 0.259 e. The molecule has 6 heteroatoms. The lowest BCUT2D eigenvalue weighted by Crippen LogP contribution is -2.38. The number of carbonyl (C=O) groups excluding carboxylic acids is 1. The lowest BCUT2D eigenvalue weighted by atomic mass is 9.93. The lowest BCUT2D eigenvalue weighted by molar-refractivity contribution is 0.0709. The van der Waals surface area contributed by atoms with Crippen molar-refractivity contribution in [2.45, 2.75) is 46.0 Å². The first-order chi connectivity index (χ1) is 11.1. The van der Waals surface area contributed by atoms with E-state index in [1.165, 1.54) is 0 Å². The SMILES string of the molecule is CCc1noc(C)c1C(=O)N1CCC(c2cncc(C)n2)CC1. The van der Waals surface area contributed by atoms with Gasteiger partial charge in [0, 0.05) is 31.4 Å². The lowest BCUT2D eigenvalue weighted by Gasteiger charge is -2.31. The molecule has 0 aromatic carbocycles. The van der Waals surface area contributed by atoms with E-state index in [-0.39, 0.29) is 5.91 Å². The summed E-state index contributed by atoms with van der Waals surface area (Å²) in [5, 5.41) is 3.98. The zero-order chi connectivity index (χ0) is 16.4. The number of hydrogen-bond donors (Lipinski definition) is 0. The van der Waals surface area contributed by atoms with E-state index in [0.29, 0.717) is 23.7 Å². The molecule has 0 aliphatic carbocycles. The highest BCUT2D eigenvalue weighted by atomic mass is 16.5. The van der Waals surface area contributed by atoms with Crippen molar-refractivity contribution in [2.24, 2.45) is 0 Å². The van der Waals surface area contributed by atoms with E-state index < -0.39 is 0 Å². The fourth-order valence-electron chi connectivity index (χ4n) is 3.15. The van der Waals surface area contributed by atoms with Crippen LogP contribution in [-0.2, 0) is 6.42 Å². The smallest absolute Gasteiger partial charge is 0.259 e. The van der Waals surface area contributed by atoms with E-state index in [0.717, 1.165) is 43.0 Å². The second-order valence-electron chi connectivity index (χ2n) is 6.07. The number of amides is 1. The summed E-state index contributed by atoms with van der Waals surface area (Å²) in [5.74, 6) is 1.02. The average Bonchev–Trinajstić information content (AvgIpc) is 2.95. The summed E-state index contributed by atoms with van der Waals surface area (Å²) < 4.78 is 5.19. The van der Waals surface area contributed by atoms with Crippen LogP contribution in [0.4, 0.5) is 0 Å². The molecule has 3 heterocycles. The summed E-state index contributed by atoms with van der Waals surface area (Å²) in [4.78, 5) is 23.4. The van der Waals surface area contributed by atoms with Crippen molar-refractivity contribution in [3.63, 3.8) is 0 Å². The number of rotatable bonds is 3. The molecule has 1 fully saturated rings. The van der Waals surface area contributed by atoms with Crippen LogP contribution in [0.1, 0.15) is 58.9 Å². The number of aryl methyl sites for hydroxylation is 3. The van der Waals surface area contributed by atoms with Crippen molar-refractivity contribution < 1.29 is 9.32 Å². The third-order valence-electron chi connectivity index (χ3n) is 4.46. The van der Waals surface area contributed by atoms with Crippen molar-refractivity contribution in [3.8, 4) is 0 Å². The van der Waals surface area contributed by atoms with Crippen LogP contribution in [-0.4, -0.2) is 39.0 Å². The molecule has 1 saturated heterocycles. The normalized spacial score (nSPS) is 15.9. The fourth-order valence-corrected chi connectivity index (χ4v) is 3.15. The van der Waals surface area contributed by atoms with Crippen LogP contribution >= 0.6 is 0 Å². The number of carbonyl (C=O) groups is 1. The first kappa shape index (κ1) is 15.6. The standard InChI is InChI=1S/C17H22N4O2/c1-4-14-16(12(3)23-20-14)17(22)21-7-5-13(6-8-21)15-10-18-9-11(2)19-15/h9-10,13H,4-8H2,1-3H3. The van der Waals surface area contributed by atoms with Crippen molar-refractivity contribution in [3.05, 3.63) is 40.8 Å². The quantitative estimate of drug-likeness (QED) is 0.871. The fraction of sp³-hybridized carbons (Fsp3) is 0.529. The maximum atomic E-state index is 12.8. The van der Waals surface area contributed by atoms with Gasteiger partial charge in [-0.3, -0.25) is 14.8 Å². The minimum atomic E-state index is 0.0365. The summed E-state index contributed by atoms with van der Waals surface area (Å²) in [5.41, 5.74) is 3.36. The van der Waals surface area contributed by atoms with E-state index in [2.05, 4.69) is 15.1 Å². The molecule has 0 spiro atoms. The van der Waals surface area contributed by atoms with Crippen molar-refractivity contribution >= 4 is 5.91 Å². The molecule has 2 aromatic heterocycles. The summed E-state index contributed by atoms with van der Waals surface area (Å²) in [7, 11) is 0. The first-order valence-corrected chi connectivity index (χ1v) is 8.13. The number of aromatic nitrogens is 3. The highest BCUT2D eigenvalue weighted by Gasteiger charge is 2.29. The summed E-state index contributed by atoms with van der Waals surface area (Å²) >= 11 is 0. The Kier molecular flexibility index (Phi) is 4.41. The monoisotopic (exact) mass is 314 g/mol. The van der Waals surface area contributed by atoms with Crippen LogP contribution in [0.25, 0.3) is 0 Å². The molecule has 2 aromatic rings. The molecular formula is C17H22N4O2. The molecule has 0 bridgehead atoms. The molecule has 3 rings (SSSR count). The maximum absolute atomic E-state index is 12.8. The van der Waals surface area contributed by atoms with Gasteiger partial charge < -0.3 is 9.42 Å². The van der Waals surface area contributed by atoms with Gasteiger partial charge >= 0.3 is 0 Å². The van der Waals surface area contributed by atoms with Crippen LogP contribution in [0.15, 0.2) is 16.9 Å². The van der Waals surface area contributed by atoms with E-state index in [1.807, 2.05) is 24.9 Å². The largest absolute Gasteiger partial charge is 0.361 e. The average molecular weight is 314 g/mol.